The van der Waals surface area contributed by atoms with E-state index >= 15 is 0 Å². The molecule has 1 atom stereocenters. The molecule has 1 aromatic carbocycles. The Morgan fingerprint density at radius 1 is 1.23 bits per heavy atom. The second kappa shape index (κ2) is 9.16. The number of nitriles is 1. The summed E-state index contributed by atoms with van der Waals surface area (Å²) >= 11 is 0. The number of rotatable bonds is 6. The van der Waals surface area contributed by atoms with Gasteiger partial charge in [-0.1, -0.05) is 19.1 Å². The largest absolute Gasteiger partial charge is 0.350 e. The van der Waals surface area contributed by atoms with Crippen molar-refractivity contribution in [3.63, 3.8) is 0 Å². The first-order valence-electron chi connectivity index (χ1n) is 9.62. The highest BCUT2D eigenvalue weighted by molar-refractivity contribution is 5.82. The van der Waals surface area contributed by atoms with Crippen molar-refractivity contribution in [2.24, 2.45) is 0 Å². The summed E-state index contributed by atoms with van der Waals surface area (Å²) in [6.07, 6.45) is 1.98. The van der Waals surface area contributed by atoms with E-state index in [9.17, 15) is 4.79 Å². The summed E-state index contributed by atoms with van der Waals surface area (Å²) in [4.78, 5) is 17.3. The Kier molecular flexibility index (Phi) is 7.19. The minimum atomic E-state index is -0.154. The lowest BCUT2D eigenvalue weighted by molar-refractivity contribution is -0.127. The van der Waals surface area contributed by atoms with E-state index < -0.39 is 0 Å². The number of nitrogens with one attached hydrogen (secondary N) is 1. The Labute approximate surface area is 158 Å². The fraction of sp³-hybridized carbons (Fsp3) is 0.619. The molecule has 5 nitrogen and oxygen atoms in total. The van der Waals surface area contributed by atoms with E-state index in [0.717, 1.165) is 45.6 Å². The summed E-state index contributed by atoms with van der Waals surface area (Å²) < 4.78 is 0. The second-order valence-corrected chi connectivity index (χ2v) is 7.88. The molecule has 1 saturated heterocycles. The van der Waals surface area contributed by atoms with Crippen LogP contribution in [-0.2, 0) is 11.3 Å². The molecule has 1 aromatic rings. The maximum absolute atomic E-state index is 12.6. The van der Waals surface area contributed by atoms with Gasteiger partial charge in [-0.3, -0.25) is 14.6 Å². The average molecular weight is 357 g/mol. The van der Waals surface area contributed by atoms with Crippen molar-refractivity contribution in [3.8, 4) is 6.07 Å². The summed E-state index contributed by atoms with van der Waals surface area (Å²) in [6.45, 7) is 13.0. The summed E-state index contributed by atoms with van der Waals surface area (Å²) in [5, 5.41) is 12.1. The zero-order chi connectivity index (χ0) is 19.2. The SMILES string of the molecule is CCC(C)(C)NC(=O)C(C)N1CCCN(Cc2ccc(C#N)cc2)CC1. The molecule has 0 aliphatic carbocycles. The van der Waals surface area contributed by atoms with E-state index in [1.807, 2.05) is 31.2 Å². The third-order valence-corrected chi connectivity index (χ3v) is 5.38. The van der Waals surface area contributed by atoms with Crippen LogP contribution in [0.2, 0.25) is 0 Å². The van der Waals surface area contributed by atoms with Crippen LogP contribution in [0, 0.1) is 11.3 Å². The van der Waals surface area contributed by atoms with Crippen LogP contribution in [0.5, 0.6) is 0 Å². The number of carbonyl (C=O) groups excluding carboxylic acids is 1. The topological polar surface area (TPSA) is 59.4 Å². The summed E-state index contributed by atoms with van der Waals surface area (Å²) in [7, 11) is 0. The van der Waals surface area contributed by atoms with Gasteiger partial charge in [-0.15, -0.1) is 0 Å². The van der Waals surface area contributed by atoms with Crippen molar-refractivity contribution in [2.45, 2.75) is 58.7 Å². The quantitative estimate of drug-likeness (QED) is 0.851. The highest BCUT2D eigenvalue weighted by Crippen LogP contribution is 2.13. The Balaban J connectivity index is 1.88. The van der Waals surface area contributed by atoms with Crippen LogP contribution in [-0.4, -0.2) is 53.5 Å². The number of amides is 1. The van der Waals surface area contributed by atoms with Crippen LogP contribution in [0.3, 0.4) is 0 Å². The molecule has 0 saturated carbocycles. The lowest BCUT2D eigenvalue weighted by Gasteiger charge is -2.31. The van der Waals surface area contributed by atoms with Gasteiger partial charge in [-0.2, -0.15) is 5.26 Å². The van der Waals surface area contributed by atoms with Crippen LogP contribution < -0.4 is 5.32 Å². The second-order valence-electron chi connectivity index (χ2n) is 7.88. The van der Waals surface area contributed by atoms with Gasteiger partial charge in [-0.05, 0) is 57.9 Å². The number of carbonyl (C=O) groups is 1. The fourth-order valence-corrected chi connectivity index (χ4v) is 3.17. The van der Waals surface area contributed by atoms with Crippen molar-refractivity contribution >= 4 is 5.91 Å². The minimum absolute atomic E-state index is 0.101. The summed E-state index contributed by atoms with van der Waals surface area (Å²) in [5.41, 5.74) is 1.78. The molecule has 1 unspecified atom stereocenters. The molecule has 5 heteroatoms. The lowest BCUT2D eigenvalue weighted by atomic mass is 10.0. The minimum Gasteiger partial charge on any atom is -0.350 e. The predicted molar refractivity (Wildman–Crippen MR) is 105 cm³/mol. The number of nitrogens with zero attached hydrogens (tertiary/aromatic N) is 3. The van der Waals surface area contributed by atoms with Crippen LogP contribution in [0.1, 0.15) is 51.7 Å². The zero-order valence-corrected chi connectivity index (χ0v) is 16.6. The summed E-state index contributed by atoms with van der Waals surface area (Å²) in [5.74, 6) is 0.123. The Bertz CT molecular complexity index is 632. The van der Waals surface area contributed by atoms with Gasteiger partial charge in [0, 0.05) is 31.7 Å². The van der Waals surface area contributed by atoms with E-state index in [4.69, 9.17) is 5.26 Å². The standard InChI is InChI=1S/C21H32N4O/c1-5-21(3,4)23-20(26)17(2)25-12-6-11-24(13-14-25)16-19-9-7-18(15-22)8-10-19/h7-10,17H,5-6,11-14,16H2,1-4H3,(H,23,26). The zero-order valence-electron chi connectivity index (χ0n) is 16.6. The molecule has 1 N–H and O–H groups in total. The van der Waals surface area contributed by atoms with Crippen LogP contribution in [0.4, 0.5) is 0 Å². The highest BCUT2D eigenvalue weighted by atomic mass is 16.2. The normalized spacial score (nSPS) is 18.0. The van der Waals surface area contributed by atoms with Crippen molar-refractivity contribution in [2.75, 3.05) is 26.2 Å². The van der Waals surface area contributed by atoms with Gasteiger partial charge in [0.15, 0.2) is 0 Å². The molecule has 0 bridgehead atoms. The molecule has 0 aromatic heterocycles. The third kappa shape index (κ3) is 5.82. The Morgan fingerprint density at radius 3 is 2.54 bits per heavy atom. The van der Waals surface area contributed by atoms with Crippen molar-refractivity contribution < 1.29 is 4.79 Å². The first kappa shape index (κ1) is 20.4. The number of hydrogen-bond acceptors (Lipinski definition) is 4. The highest BCUT2D eigenvalue weighted by Gasteiger charge is 2.27. The smallest absolute Gasteiger partial charge is 0.237 e. The molecule has 0 spiro atoms. The molecular weight excluding hydrogens is 324 g/mol. The van der Waals surface area contributed by atoms with Crippen molar-refractivity contribution in [1.29, 1.82) is 5.26 Å². The van der Waals surface area contributed by atoms with Crippen molar-refractivity contribution in [1.82, 2.24) is 15.1 Å². The van der Waals surface area contributed by atoms with Gasteiger partial charge in [-0.25, -0.2) is 0 Å². The molecular formula is C21H32N4O. The molecule has 2 rings (SSSR count). The van der Waals surface area contributed by atoms with Gasteiger partial charge in [0.2, 0.25) is 5.91 Å². The molecule has 0 radical (unpaired) electrons. The van der Waals surface area contributed by atoms with E-state index in [-0.39, 0.29) is 17.5 Å². The maximum Gasteiger partial charge on any atom is 0.237 e. The average Bonchev–Trinajstić information content (AvgIpc) is 2.87. The van der Waals surface area contributed by atoms with Gasteiger partial charge < -0.3 is 5.32 Å². The van der Waals surface area contributed by atoms with Gasteiger partial charge >= 0.3 is 0 Å². The molecule has 1 heterocycles. The Morgan fingerprint density at radius 2 is 1.92 bits per heavy atom. The number of hydrogen-bond donors (Lipinski definition) is 1. The lowest BCUT2D eigenvalue weighted by Crippen LogP contribution is -2.52. The predicted octanol–water partition coefficient (Wildman–Crippen LogP) is 2.76. The first-order chi connectivity index (χ1) is 12.3. The van der Waals surface area contributed by atoms with E-state index in [1.165, 1.54) is 5.56 Å². The van der Waals surface area contributed by atoms with Crippen LogP contribution >= 0.6 is 0 Å². The monoisotopic (exact) mass is 356 g/mol. The van der Waals surface area contributed by atoms with E-state index in [1.54, 1.807) is 0 Å². The number of benzene rings is 1. The van der Waals surface area contributed by atoms with Crippen LogP contribution in [0.25, 0.3) is 0 Å². The maximum atomic E-state index is 12.6. The fourth-order valence-electron chi connectivity index (χ4n) is 3.17. The van der Waals surface area contributed by atoms with Gasteiger partial charge in [0.25, 0.3) is 0 Å². The molecule has 26 heavy (non-hydrogen) atoms. The van der Waals surface area contributed by atoms with Crippen molar-refractivity contribution in [3.05, 3.63) is 35.4 Å². The molecule has 1 aliphatic rings. The van der Waals surface area contributed by atoms with E-state index in [2.05, 4.69) is 42.0 Å². The van der Waals surface area contributed by atoms with Gasteiger partial charge in [0.05, 0.1) is 17.7 Å². The third-order valence-electron chi connectivity index (χ3n) is 5.38. The van der Waals surface area contributed by atoms with Crippen LogP contribution in [0.15, 0.2) is 24.3 Å². The molecule has 1 fully saturated rings. The first-order valence-corrected chi connectivity index (χ1v) is 9.62. The summed E-state index contributed by atoms with van der Waals surface area (Å²) in [6, 6.07) is 9.87. The molecule has 1 amide bonds. The molecule has 142 valence electrons. The Hall–Kier alpha value is -1.90. The molecule has 1 aliphatic heterocycles. The van der Waals surface area contributed by atoms with Gasteiger partial charge in [0.1, 0.15) is 0 Å². The van der Waals surface area contributed by atoms with E-state index in [0.29, 0.717) is 5.56 Å².